The number of hydrogen-bond donors (Lipinski definition) is 1. The molecule has 1 N–H and O–H groups in total. The van der Waals surface area contributed by atoms with Crippen molar-refractivity contribution in [2.24, 2.45) is 0 Å². The summed E-state index contributed by atoms with van der Waals surface area (Å²) < 4.78 is 6.91. The molecule has 1 fully saturated rings. The molecular formula is C14H18N6O3. The number of amides is 3. The summed E-state index contributed by atoms with van der Waals surface area (Å²) in [5.74, 6) is 0.483. The maximum absolute atomic E-state index is 12.7. The Morgan fingerprint density at radius 1 is 1.39 bits per heavy atom. The Bertz CT molecular complexity index is 710. The fraction of sp³-hybridized carbons (Fsp3) is 0.500. The zero-order valence-electron chi connectivity index (χ0n) is 13.0. The van der Waals surface area contributed by atoms with Gasteiger partial charge in [0.25, 0.3) is 5.91 Å². The molecule has 2 aromatic heterocycles. The predicted molar refractivity (Wildman–Crippen MR) is 77.9 cm³/mol. The van der Waals surface area contributed by atoms with E-state index >= 15 is 0 Å². The number of unbranched alkanes of at least 4 members (excludes halogenated alkanes) is 1. The van der Waals surface area contributed by atoms with Crippen LogP contribution < -0.4 is 5.32 Å². The monoisotopic (exact) mass is 318 g/mol. The first kappa shape index (κ1) is 15.2. The van der Waals surface area contributed by atoms with Crippen LogP contribution in [0, 0.1) is 0 Å². The van der Waals surface area contributed by atoms with Crippen molar-refractivity contribution in [2.45, 2.75) is 45.3 Å². The van der Waals surface area contributed by atoms with Crippen molar-refractivity contribution in [3.8, 4) is 0 Å². The molecule has 3 heterocycles. The van der Waals surface area contributed by atoms with Crippen LogP contribution in [0.3, 0.4) is 0 Å². The van der Waals surface area contributed by atoms with E-state index in [-0.39, 0.29) is 12.5 Å². The van der Waals surface area contributed by atoms with Gasteiger partial charge in [-0.1, -0.05) is 13.3 Å². The van der Waals surface area contributed by atoms with E-state index in [0.717, 1.165) is 17.7 Å². The van der Waals surface area contributed by atoms with E-state index in [1.807, 2.05) is 0 Å². The van der Waals surface area contributed by atoms with Crippen molar-refractivity contribution in [3.05, 3.63) is 30.0 Å². The minimum Gasteiger partial charge on any atom is -0.466 e. The molecule has 0 saturated carbocycles. The first-order chi connectivity index (χ1) is 11.1. The van der Waals surface area contributed by atoms with E-state index in [1.165, 1.54) is 6.26 Å². The zero-order valence-corrected chi connectivity index (χ0v) is 13.0. The molecule has 1 saturated heterocycles. The number of rotatable bonds is 6. The van der Waals surface area contributed by atoms with E-state index in [4.69, 9.17) is 4.42 Å². The molecule has 0 radical (unpaired) electrons. The number of urea groups is 1. The van der Waals surface area contributed by atoms with Crippen molar-refractivity contribution in [3.63, 3.8) is 0 Å². The number of hydrogen-bond acceptors (Lipinski definition) is 6. The summed E-state index contributed by atoms with van der Waals surface area (Å²) in [6, 6.07) is 2.85. The lowest BCUT2D eigenvalue weighted by molar-refractivity contribution is -0.132. The summed E-state index contributed by atoms with van der Waals surface area (Å²) in [6.07, 6.45) is 3.38. The van der Waals surface area contributed by atoms with Gasteiger partial charge in [-0.25, -0.2) is 9.48 Å². The molecule has 3 amide bonds. The van der Waals surface area contributed by atoms with Gasteiger partial charge in [0, 0.05) is 6.54 Å². The first-order valence-electron chi connectivity index (χ1n) is 7.49. The molecule has 0 spiro atoms. The van der Waals surface area contributed by atoms with Gasteiger partial charge in [-0.05, 0) is 35.9 Å². The molecule has 23 heavy (non-hydrogen) atoms. The summed E-state index contributed by atoms with van der Waals surface area (Å²) in [6.45, 7) is 4.36. The average molecular weight is 318 g/mol. The van der Waals surface area contributed by atoms with Crippen LogP contribution in [-0.4, -0.2) is 37.0 Å². The second-order valence-electron chi connectivity index (χ2n) is 5.60. The van der Waals surface area contributed by atoms with Gasteiger partial charge in [0.2, 0.25) is 0 Å². The third kappa shape index (κ3) is 2.58. The van der Waals surface area contributed by atoms with Crippen molar-refractivity contribution >= 4 is 11.9 Å². The predicted octanol–water partition coefficient (Wildman–Crippen LogP) is 1.03. The quantitative estimate of drug-likeness (QED) is 0.797. The number of nitrogens with zero attached hydrogens (tertiary/aromatic N) is 5. The number of carbonyl (C=O) groups excluding carboxylic acids is 2. The van der Waals surface area contributed by atoms with Gasteiger partial charge in [0.15, 0.2) is 11.4 Å². The van der Waals surface area contributed by atoms with Gasteiger partial charge in [-0.2, -0.15) is 0 Å². The summed E-state index contributed by atoms with van der Waals surface area (Å²) in [5.41, 5.74) is -1.21. The van der Waals surface area contributed by atoms with Gasteiger partial charge in [0.05, 0.1) is 12.8 Å². The molecule has 1 aliphatic rings. The van der Waals surface area contributed by atoms with Gasteiger partial charge in [0.1, 0.15) is 5.76 Å². The van der Waals surface area contributed by atoms with Crippen LogP contribution in [0.4, 0.5) is 4.79 Å². The number of imide groups is 1. The molecule has 122 valence electrons. The molecule has 2 aromatic rings. The van der Waals surface area contributed by atoms with Crippen molar-refractivity contribution in [1.82, 2.24) is 30.4 Å². The van der Waals surface area contributed by atoms with Gasteiger partial charge >= 0.3 is 6.03 Å². The van der Waals surface area contributed by atoms with Crippen LogP contribution in [0.2, 0.25) is 0 Å². The normalized spacial score (nSPS) is 21.0. The highest BCUT2D eigenvalue weighted by molar-refractivity contribution is 6.06. The van der Waals surface area contributed by atoms with Crippen molar-refractivity contribution < 1.29 is 14.0 Å². The van der Waals surface area contributed by atoms with Gasteiger partial charge < -0.3 is 9.73 Å². The Labute approximate surface area is 132 Å². The Kier molecular flexibility index (Phi) is 3.85. The lowest BCUT2D eigenvalue weighted by Crippen LogP contribution is -2.40. The molecule has 3 rings (SSSR count). The number of furan rings is 1. The summed E-state index contributed by atoms with van der Waals surface area (Å²) in [5, 5.41) is 14.1. The van der Waals surface area contributed by atoms with Crippen LogP contribution in [0.25, 0.3) is 0 Å². The SMILES string of the molecule is CCCCn1nnnc1CN1C(=O)N[C@](C)(c2ccco2)C1=O. The molecule has 9 nitrogen and oxygen atoms in total. The van der Waals surface area contributed by atoms with Crippen LogP contribution in [0.15, 0.2) is 22.8 Å². The van der Waals surface area contributed by atoms with Crippen LogP contribution in [0.1, 0.15) is 38.3 Å². The summed E-state index contributed by atoms with van der Waals surface area (Å²) in [7, 11) is 0. The smallest absolute Gasteiger partial charge is 0.325 e. The lowest BCUT2D eigenvalue weighted by Gasteiger charge is -2.18. The fourth-order valence-electron chi connectivity index (χ4n) is 2.53. The van der Waals surface area contributed by atoms with E-state index in [0.29, 0.717) is 18.1 Å². The van der Waals surface area contributed by atoms with E-state index in [1.54, 1.807) is 23.7 Å². The van der Waals surface area contributed by atoms with Gasteiger partial charge in [-0.3, -0.25) is 9.69 Å². The molecule has 0 aliphatic carbocycles. The number of tetrazole rings is 1. The molecule has 0 aromatic carbocycles. The van der Waals surface area contributed by atoms with Crippen molar-refractivity contribution in [1.29, 1.82) is 0 Å². The zero-order chi connectivity index (χ0) is 16.4. The molecule has 0 unspecified atom stereocenters. The second-order valence-corrected chi connectivity index (χ2v) is 5.60. The Morgan fingerprint density at radius 3 is 2.91 bits per heavy atom. The number of aryl methyl sites for hydroxylation is 1. The summed E-state index contributed by atoms with van der Waals surface area (Å²) in [4.78, 5) is 26.0. The topological polar surface area (TPSA) is 106 Å². The maximum Gasteiger partial charge on any atom is 0.325 e. The molecule has 0 bridgehead atoms. The minimum absolute atomic E-state index is 0.0255. The lowest BCUT2D eigenvalue weighted by atomic mass is 9.99. The Hall–Kier alpha value is -2.71. The largest absolute Gasteiger partial charge is 0.466 e. The third-order valence-electron chi connectivity index (χ3n) is 3.92. The van der Waals surface area contributed by atoms with Gasteiger partial charge in [-0.15, -0.1) is 5.10 Å². The van der Waals surface area contributed by atoms with E-state index < -0.39 is 11.6 Å². The molecule has 1 aliphatic heterocycles. The van der Waals surface area contributed by atoms with Crippen molar-refractivity contribution in [2.75, 3.05) is 0 Å². The van der Waals surface area contributed by atoms with E-state index in [9.17, 15) is 9.59 Å². The summed E-state index contributed by atoms with van der Waals surface area (Å²) >= 11 is 0. The number of aromatic nitrogens is 4. The van der Waals surface area contributed by atoms with E-state index in [2.05, 4.69) is 27.8 Å². The highest BCUT2D eigenvalue weighted by Gasteiger charge is 2.51. The molecule has 9 heteroatoms. The minimum atomic E-state index is -1.21. The number of nitrogens with one attached hydrogen (secondary N) is 1. The fourth-order valence-corrected chi connectivity index (χ4v) is 2.53. The second kappa shape index (κ2) is 5.82. The van der Waals surface area contributed by atoms with Crippen LogP contribution in [0.5, 0.6) is 0 Å². The van der Waals surface area contributed by atoms with Crippen LogP contribution in [-0.2, 0) is 23.4 Å². The Morgan fingerprint density at radius 2 is 2.22 bits per heavy atom. The first-order valence-corrected chi connectivity index (χ1v) is 7.49. The highest BCUT2D eigenvalue weighted by atomic mass is 16.3. The molecular weight excluding hydrogens is 300 g/mol. The molecule has 1 atom stereocenters. The standard InChI is InChI=1S/C14H18N6O3/c1-3-4-7-20-11(16-17-18-20)9-19-12(21)14(2,15-13(19)22)10-6-5-8-23-10/h5-6,8H,3-4,7,9H2,1-2H3,(H,15,22)/t14-/m1/s1. The third-order valence-corrected chi connectivity index (χ3v) is 3.92. The maximum atomic E-state index is 12.7. The average Bonchev–Trinajstić information content (AvgIpc) is 3.24. The van der Waals surface area contributed by atoms with Crippen LogP contribution >= 0.6 is 0 Å². The number of carbonyl (C=O) groups is 2. The Balaban J connectivity index is 1.80. The highest BCUT2D eigenvalue weighted by Crippen LogP contribution is 2.29.